The summed E-state index contributed by atoms with van der Waals surface area (Å²) in [6, 6.07) is 18.2. The van der Waals surface area contributed by atoms with Crippen molar-refractivity contribution >= 4 is 46.5 Å². The Labute approximate surface area is 219 Å². The number of aryl methyl sites for hydroxylation is 2. The number of nitrogens with one attached hydrogen (secondary N) is 3. The van der Waals surface area contributed by atoms with Gasteiger partial charge < -0.3 is 16.0 Å². The molecule has 190 valence electrons. The Balaban J connectivity index is 1.23. The van der Waals surface area contributed by atoms with E-state index in [9.17, 15) is 14.4 Å². The van der Waals surface area contributed by atoms with Crippen molar-refractivity contribution in [3.8, 4) is 0 Å². The molecule has 2 aromatic heterocycles. The maximum Gasteiger partial charge on any atom is 0.262 e. The molecule has 1 aliphatic heterocycles. The number of hydrogen-bond acceptors (Lipinski definition) is 8. The van der Waals surface area contributed by atoms with E-state index in [1.807, 2.05) is 19.1 Å². The second-order valence-electron chi connectivity index (χ2n) is 8.92. The maximum atomic E-state index is 12.9. The third-order valence-corrected chi connectivity index (χ3v) is 6.03. The summed E-state index contributed by atoms with van der Waals surface area (Å²) in [4.78, 5) is 52.4. The zero-order valence-electron chi connectivity index (χ0n) is 21.0. The summed E-state index contributed by atoms with van der Waals surface area (Å²) in [5.74, 6) is 1.04. The van der Waals surface area contributed by atoms with Gasteiger partial charge in [-0.15, -0.1) is 0 Å². The Morgan fingerprint density at radius 1 is 0.789 bits per heavy atom. The number of nitrogens with zero attached hydrogens (tertiary/aromatic N) is 4. The summed E-state index contributed by atoms with van der Waals surface area (Å²) >= 11 is 0. The maximum absolute atomic E-state index is 12.9. The van der Waals surface area contributed by atoms with E-state index in [0.29, 0.717) is 40.1 Å². The summed E-state index contributed by atoms with van der Waals surface area (Å²) in [5, 5.41) is 9.19. The van der Waals surface area contributed by atoms with Gasteiger partial charge in [0.15, 0.2) is 0 Å². The molecule has 4 aromatic rings. The van der Waals surface area contributed by atoms with Gasteiger partial charge in [-0.2, -0.15) is 0 Å². The molecule has 0 bridgehead atoms. The standard InChI is InChI=1S/C28H25N7O3/c1-16-12-13-29-23(14-16)34-25-15-24(30-18(3)31-25)32-19-8-10-20(11-9-19)33-26(36)17(2)35-27(37)21-6-4-5-7-22(21)28(35)38/h4-15,17H,1-3H3,(H,33,36)(H2,29,30,31,32,34). The lowest BCUT2D eigenvalue weighted by Crippen LogP contribution is -2.45. The highest BCUT2D eigenvalue weighted by Crippen LogP contribution is 2.26. The number of hydrogen-bond donors (Lipinski definition) is 3. The number of benzene rings is 2. The van der Waals surface area contributed by atoms with Crippen molar-refractivity contribution in [1.82, 2.24) is 19.9 Å². The second-order valence-corrected chi connectivity index (χ2v) is 8.92. The first kappa shape index (κ1) is 24.6. The number of pyridine rings is 1. The van der Waals surface area contributed by atoms with Gasteiger partial charge >= 0.3 is 0 Å². The molecule has 1 atom stereocenters. The molecule has 0 aliphatic carbocycles. The molecular weight excluding hydrogens is 482 g/mol. The van der Waals surface area contributed by atoms with Gasteiger partial charge in [0.25, 0.3) is 11.8 Å². The number of aromatic nitrogens is 3. The highest BCUT2D eigenvalue weighted by Gasteiger charge is 2.40. The summed E-state index contributed by atoms with van der Waals surface area (Å²) < 4.78 is 0. The molecule has 0 spiro atoms. The molecule has 1 unspecified atom stereocenters. The van der Waals surface area contributed by atoms with Crippen LogP contribution in [0.15, 0.2) is 72.9 Å². The molecular formula is C28H25N7O3. The monoisotopic (exact) mass is 507 g/mol. The van der Waals surface area contributed by atoms with E-state index >= 15 is 0 Å². The third kappa shape index (κ3) is 5.05. The van der Waals surface area contributed by atoms with Crippen LogP contribution in [0.5, 0.6) is 0 Å². The molecule has 3 N–H and O–H groups in total. The predicted molar refractivity (Wildman–Crippen MR) is 144 cm³/mol. The number of amides is 3. The van der Waals surface area contributed by atoms with Gasteiger partial charge in [0.1, 0.15) is 29.3 Å². The number of carbonyl (C=O) groups is 3. The van der Waals surface area contributed by atoms with E-state index in [-0.39, 0.29) is 0 Å². The van der Waals surface area contributed by atoms with Crippen LogP contribution < -0.4 is 16.0 Å². The fraction of sp³-hybridized carbons (Fsp3) is 0.143. The smallest absolute Gasteiger partial charge is 0.262 e. The van der Waals surface area contributed by atoms with Crippen LogP contribution in [-0.4, -0.2) is 43.6 Å². The average molecular weight is 508 g/mol. The number of imide groups is 1. The molecule has 0 radical (unpaired) electrons. The number of anilines is 5. The molecule has 0 fully saturated rings. The van der Waals surface area contributed by atoms with Crippen LogP contribution in [0.3, 0.4) is 0 Å². The van der Waals surface area contributed by atoms with Crippen LogP contribution in [0.2, 0.25) is 0 Å². The molecule has 38 heavy (non-hydrogen) atoms. The fourth-order valence-corrected chi connectivity index (χ4v) is 4.14. The summed E-state index contributed by atoms with van der Waals surface area (Å²) in [6.45, 7) is 5.32. The lowest BCUT2D eigenvalue weighted by Gasteiger charge is -2.21. The Bertz CT molecular complexity index is 1520. The molecule has 0 saturated heterocycles. The topological polar surface area (TPSA) is 129 Å². The zero-order chi connectivity index (χ0) is 26.8. The minimum atomic E-state index is -0.974. The molecule has 2 aromatic carbocycles. The van der Waals surface area contributed by atoms with Crippen molar-refractivity contribution in [2.45, 2.75) is 26.8 Å². The van der Waals surface area contributed by atoms with E-state index in [1.165, 1.54) is 6.92 Å². The third-order valence-electron chi connectivity index (χ3n) is 6.03. The molecule has 10 heteroatoms. The van der Waals surface area contributed by atoms with Crippen LogP contribution in [-0.2, 0) is 4.79 Å². The minimum Gasteiger partial charge on any atom is -0.340 e. The number of fused-ring (bicyclic) bond motifs is 1. The van der Waals surface area contributed by atoms with Crippen LogP contribution in [0.25, 0.3) is 0 Å². The quantitative estimate of drug-likeness (QED) is 0.310. The Morgan fingerprint density at radius 3 is 2.03 bits per heavy atom. The van der Waals surface area contributed by atoms with Crippen LogP contribution >= 0.6 is 0 Å². The molecule has 3 amide bonds. The van der Waals surface area contributed by atoms with E-state index in [0.717, 1.165) is 16.2 Å². The first-order valence-electron chi connectivity index (χ1n) is 12.0. The lowest BCUT2D eigenvalue weighted by atomic mass is 10.1. The van der Waals surface area contributed by atoms with Gasteiger partial charge in [-0.25, -0.2) is 15.0 Å². The van der Waals surface area contributed by atoms with Gasteiger partial charge in [-0.1, -0.05) is 12.1 Å². The van der Waals surface area contributed by atoms with Crippen molar-refractivity contribution in [3.05, 3.63) is 95.4 Å². The van der Waals surface area contributed by atoms with Crippen LogP contribution in [0, 0.1) is 13.8 Å². The Hall–Kier alpha value is -5.12. The first-order chi connectivity index (χ1) is 18.3. The van der Waals surface area contributed by atoms with E-state index in [4.69, 9.17) is 0 Å². The normalized spacial score (nSPS) is 13.2. The van der Waals surface area contributed by atoms with Crippen molar-refractivity contribution in [3.63, 3.8) is 0 Å². The average Bonchev–Trinajstić information content (AvgIpc) is 3.14. The van der Waals surface area contributed by atoms with Crippen molar-refractivity contribution in [2.24, 2.45) is 0 Å². The second kappa shape index (κ2) is 10.1. The molecule has 5 rings (SSSR count). The summed E-state index contributed by atoms with van der Waals surface area (Å²) in [5.41, 5.74) is 2.96. The van der Waals surface area contributed by atoms with E-state index in [2.05, 4.69) is 30.9 Å². The fourth-order valence-electron chi connectivity index (χ4n) is 4.14. The van der Waals surface area contributed by atoms with Gasteiger partial charge in [0, 0.05) is 23.6 Å². The zero-order valence-corrected chi connectivity index (χ0v) is 21.0. The van der Waals surface area contributed by atoms with Crippen molar-refractivity contribution in [2.75, 3.05) is 16.0 Å². The van der Waals surface area contributed by atoms with Gasteiger partial charge in [-0.05, 0) is 74.9 Å². The molecule has 0 saturated carbocycles. The molecule has 10 nitrogen and oxygen atoms in total. The minimum absolute atomic E-state index is 0.307. The first-order valence-corrected chi connectivity index (χ1v) is 12.0. The van der Waals surface area contributed by atoms with E-state index < -0.39 is 23.8 Å². The Kier molecular flexibility index (Phi) is 6.53. The SMILES string of the molecule is Cc1ccnc(Nc2cc(Nc3ccc(NC(=O)C(C)N4C(=O)c5ccccc5C4=O)cc3)nc(C)n2)c1. The van der Waals surface area contributed by atoms with E-state index in [1.54, 1.807) is 67.7 Å². The van der Waals surface area contributed by atoms with Crippen LogP contribution in [0.1, 0.15) is 39.0 Å². The largest absolute Gasteiger partial charge is 0.340 e. The lowest BCUT2D eigenvalue weighted by molar-refractivity contribution is -0.119. The molecule has 3 heterocycles. The Morgan fingerprint density at radius 2 is 1.39 bits per heavy atom. The van der Waals surface area contributed by atoms with Gasteiger partial charge in [0.2, 0.25) is 5.91 Å². The van der Waals surface area contributed by atoms with Gasteiger partial charge in [0.05, 0.1) is 11.1 Å². The van der Waals surface area contributed by atoms with Gasteiger partial charge in [-0.3, -0.25) is 19.3 Å². The number of carbonyl (C=O) groups excluding carboxylic acids is 3. The predicted octanol–water partition coefficient (Wildman–Crippen LogP) is 4.60. The van der Waals surface area contributed by atoms with Crippen molar-refractivity contribution in [1.29, 1.82) is 0 Å². The molecule has 1 aliphatic rings. The summed E-state index contributed by atoms with van der Waals surface area (Å²) in [7, 11) is 0. The highest BCUT2D eigenvalue weighted by molar-refractivity contribution is 6.23. The highest BCUT2D eigenvalue weighted by atomic mass is 16.2. The summed E-state index contributed by atoms with van der Waals surface area (Å²) in [6.07, 6.45) is 1.73. The van der Waals surface area contributed by atoms with Crippen molar-refractivity contribution < 1.29 is 14.4 Å². The van der Waals surface area contributed by atoms with Crippen LogP contribution in [0.4, 0.5) is 28.8 Å². The number of rotatable bonds is 7.